The zero-order chi connectivity index (χ0) is 12.4. The third-order valence-electron chi connectivity index (χ3n) is 2.00. The Labute approximate surface area is 112 Å². The van der Waals surface area contributed by atoms with E-state index < -0.39 is 5.91 Å². The van der Waals surface area contributed by atoms with Gasteiger partial charge in [0.15, 0.2) is 5.76 Å². The Balaban J connectivity index is 2.25. The first-order valence-electron chi connectivity index (χ1n) is 4.57. The quantitative estimate of drug-likeness (QED) is 0.828. The summed E-state index contributed by atoms with van der Waals surface area (Å²) in [5, 5.41) is 3.52. The highest BCUT2D eigenvalue weighted by Crippen LogP contribution is 2.32. The van der Waals surface area contributed by atoms with Gasteiger partial charge in [-0.1, -0.05) is 34.8 Å². The molecular formula is C11H6Cl3NO2. The van der Waals surface area contributed by atoms with Crippen LogP contribution in [0, 0.1) is 0 Å². The molecule has 88 valence electrons. The third-order valence-corrected chi connectivity index (χ3v) is 3.04. The average Bonchev–Trinajstić information content (AvgIpc) is 2.79. The monoisotopic (exact) mass is 289 g/mol. The van der Waals surface area contributed by atoms with Crippen molar-refractivity contribution in [2.45, 2.75) is 0 Å². The second kappa shape index (κ2) is 5.00. The largest absolute Gasteiger partial charge is 0.459 e. The fourth-order valence-electron chi connectivity index (χ4n) is 1.21. The normalized spacial score (nSPS) is 10.3. The van der Waals surface area contributed by atoms with Crippen molar-refractivity contribution in [3.63, 3.8) is 0 Å². The molecule has 0 radical (unpaired) electrons. The first kappa shape index (κ1) is 12.3. The summed E-state index contributed by atoms with van der Waals surface area (Å²) >= 11 is 17.5. The van der Waals surface area contributed by atoms with Gasteiger partial charge in [0.05, 0.1) is 27.0 Å². The summed E-state index contributed by atoms with van der Waals surface area (Å²) in [4.78, 5) is 11.7. The van der Waals surface area contributed by atoms with Crippen molar-refractivity contribution in [1.29, 1.82) is 0 Å². The van der Waals surface area contributed by atoms with Crippen molar-refractivity contribution >= 4 is 46.4 Å². The lowest BCUT2D eigenvalue weighted by atomic mass is 10.3. The number of halogens is 3. The minimum absolute atomic E-state index is 0.187. The standard InChI is InChI=1S/C11H6Cl3NO2/c12-6-4-8(14)9(5-7(6)13)15-11(16)10-2-1-3-17-10/h1-5H,(H,15,16). The Bertz CT molecular complexity index is 552. The number of benzene rings is 1. The van der Waals surface area contributed by atoms with E-state index in [0.717, 1.165) is 0 Å². The van der Waals surface area contributed by atoms with Gasteiger partial charge in [-0.15, -0.1) is 0 Å². The van der Waals surface area contributed by atoms with E-state index in [9.17, 15) is 4.79 Å². The van der Waals surface area contributed by atoms with Crippen molar-refractivity contribution in [2.24, 2.45) is 0 Å². The van der Waals surface area contributed by atoms with Crippen molar-refractivity contribution in [3.8, 4) is 0 Å². The van der Waals surface area contributed by atoms with Gasteiger partial charge in [0.25, 0.3) is 5.91 Å². The molecule has 0 fully saturated rings. The molecule has 0 bridgehead atoms. The smallest absolute Gasteiger partial charge is 0.291 e. The van der Waals surface area contributed by atoms with Crippen molar-refractivity contribution < 1.29 is 9.21 Å². The predicted octanol–water partition coefficient (Wildman–Crippen LogP) is 4.49. The second-order valence-electron chi connectivity index (χ2n) is 3.18. The van der Waals surface area contributed by atoms with Crippen LogP contribution in [0.25, 0.3) is 0 Å². The van der Waals surface area contributed by atoms with E-state index in [2.05, 4.69) is 5.32 Å². The Hall–Kier alpha value is -1.16. The number of hydrogen-bond acceptors (Lipinski definition) is 2. The third kappa shape index (κ3) is 2.75. The van der Waals surface area contributed by atoms with Gasteiger partial charge in [0.2, 0.25) is 0 Å². The van der Waals surface area contributed by atoms with E-state index in [-0.39, 0.29) is 5.76 Å². The molecule has 0 atom stereocenters. The highest BCUT2D eigenvalue weighted by Gasteiger charge is 2.12. The zero-order valence-electron chi connectivity index (χ0n) is 8.34. The van der Waals surface area contributed by atoms with Crippen LogP contribution in [0.4, 0.5) is 5.69 Å². The molecule has 1 amide bonds. The fourth-order valence-corrected chi connectivity index (χ4v) is 1.80. The summed E-state index contributed by atoms with van der Waals surface area (Å²) in [6.07, 6.45) is 1.41. The summed E-state index contributed by atoms with van der Waals surface area (Å²) in [6, 6.07) is 6.10. The van der Waals surface area contributed by atoms with Gasteiger partial charge < -0.3 is 9.73 Å². The molecule has 0 spiro atoms. The number of anilines is 1. The molecular weight excluding hydrogens is 284 g/mol. The van der Waals surface area contributed by atoms with Crippen LogP contribution in [-0.4, -0.2) is 5.91 Å². The van der Waals surface area contributed by atoms with E-state index in [1.54, 1.807) is 12.1 Å². The van der Waals surface area contributed by atoms with Gasteiger partial charge in [-0.05, 0) is 24.3 Å². The number of carbonyl (C=O) groups is 1. The summed E-state index contributed by atoms with van der Waals surface area (Å²) in [7, 11) is 0. The molecule has 1 heterocycles. The minimum Gasteiger partial charge on any atom is -0.459 e. The molecule has 0 saturated heterocycles. The fraction of sp³-hybridized carbons (Fsp3) is 0. The van der Waals surface area contributed by atoms with Crippen LogP contribution in [0.5, 0.6) is 0 Å². The van der Waals surface area contributed by atoms with Crippen LogP contribution >= 0.6 is 34.8 Å². The lowest BCUT2D eigenvalue weighted by molar-refractivity contribution is 0.0996. The molecule has 0 unspecified atom stereocenters. The van der Waals surface area contributed by atoms with E-state index in [0.29, 0.717) is 20.8 Å². The topological polar surface area (TPSA) is 42.2 Å². The Morgan fingerprint density at radius 1 is 1.12 bits per heavy atom. The van der Waals surface area contributed by atoms with E-state index >= 15 is 0 Å². The van der Waals surface area contributed by atoms with Crippen LogP contribution in [0.3, 0.4) is 0 Å². The molecule has 0 saturated carbocycles. The van der Waals surface area contributed by atoms with Crippen molar-refractivity contribution in [3.05, 3.63) is 51.4 Å². The first-order chi connectivity index (χ1) is 8.08. The van der Waals surface area contributed by atoms with Crippen molar-refractivity contribution in [1.82, 2.24) is 0 Å². The molecule has 3 nitrogen and oxygen atoms in total. The first-order valence-corrected chi connectivity index (χ1v) is 5.70. The zero-order valence-corrected chi connectivity index (χ0v) is 10.6. The van der Waals surface area contributed by atoms with Gasteiger partial charge in [0.1, 0.15) is 0 Å². The van der Waals surface area contributed by atoms with Crippen LogP contribution in [-0.2, 0) is 0 Å². The van der Waals surface area contributed by atoms with E-state index in [1.807, 2.05) is 0 Å². The maximum atomic E-state index is 11.7. The molecule has 1 aromatic heterocycles. The van der Waals surface area contributed by atoms with Gasteiger partial charge >= 0.3 is 0 Å². The lowest BCUT2D eigenvalue weighted by Crippen LogP contribution is -2.11. The minimum atomic E-state index is -0.407. The maximum Gasteiger partial charge on any atom is 0.291 e. The van der Waals surface area contributed by atoms with Gasteiger partial charge in [-0.2, -0.15) is 0 Å². The van der Waals surface area contributed by atoms with E-state index in [4.69, 9.17) is 39.2 Å². The Morgan fingerprint density at radius 2 is 1.82 bits per heavy atom. The summed E-state index contributed by atoms with van der Waals surface area (Å²) in [5.41, 5.74) is 0.377. The average molecular weight is 291 g/mol. The molecule has 0 aliphatic heterocycles. The number of rotatable bonds is 2. The highest BCUT2D eigenvalue weighted by molar-refractivity contribution is 6.44. The van der Waals surface area contributed by atoms with Crippen LogP contribution in [0.15, 0.2) is 34.9 Å². The van der Waals surface area contributed by atoms with Crippen LogP contribution in [0.1, 0.15) is 10.6 Å². The highest BCUT2D eigenvalue weighted by atomic mass is 35.5. The molecule has 2 aromatic rings. The summed E-state index contributed by atoms with van der Waals surface area (Å²) in [6.45, 7) is 0. The van der Waals surface area contributed by atoms with Crippen molar-refractivity contribution in [2.75, 3.05) is 5.32 Å². The van der Waals surface area contributed by atoms with Crippen LogP contribution < -0.4 is 5.32 Å². The van der Waals surface area contributed by atoms with Crippen LogP contribution in [0.2, 0.25) is 15.1 Å². The molecule has 6 heteroatoms. The number of amides is 1. The summed E-state index contributed by atoms with van der Waals surface area (Å²) in [5.74, 6) is -0.220. The maximum absolute atomic E-state index is 11.7. The number of nitrogens with one attached hydrogen (secondary N) is 1. The molecule has 1 aromatic carbocycles. The van der Waals surface area contributed by atoms with Gasteiger partial charge in [-0.3, -0.25) is 4.79 Å². The molecule has 17 heavy (non-hydrogen) atoms. The lowest BCUT2D eigenvalue weighted by Gasteiger charge is -2.07. The predicted molar refractivity (Wildman–Crippen MR) is 68.1 cm³/mol. The second-order valence-corrected chi connectivity index (χ2v) is 4.40. The molecule has 0 aliphatic carbocycles. The Kier molecular flexibility index (Phi) is 3.62. The SMILES string of the molecule is O=C(Nc1cc(Cl)c(Cl)cc1Cl)c1ccco1. The van der Waals surface area contributed by atoms with Gasteiger partial charge in [0, 0.05) is 0 Å². The summed E-state index contributed by atoms with van der Waals surface area (Å²) < 4.78 is 4.95. The van der Waals surface area contributed by atoms with Gasteiger partial charge in [-0.25, -0.2) is 0 Å². The molecule has 2 rings (SSSR count). The molecule has 0 aliphatic rings. The molecule has 1 N–H and O–H groups in total. The number of carbonyl (C=O) groups excluding carboxylic acids is 1. The number of hydrogen-bond donors (Lipinski definition) is 1. The Morgan fingerprint density at radius 3 is 2.47 bits per heavy atom. The number of furan rings is 1. The van der Waals surface area contributed by atoms with E-state index in [1.165, 1.54) is 18.4 Å².